The maximum Gasteiger partial charge on any atom is 0.211 e. The third-order valence-electron chi connectivity index (χ3n) is 3.13. The minimum Gasteiger partial charge on any atom is -0.439 e. The Morgan fingerprint density at radius 2 is 2.21 bits per heavy atom. The van der Waals surface area contributed by atoms with E-state index in [1.54, 1.807) is 6.20 Å². The first-order valence-electron chi connectivity index (χ1n) is 6.58. The van der Waals surface area contributed by atoms with Gasteiger partial charge in [-0.1, -0.05) is 35.0 Å². The Morgan fingerprint density at radius 1 is 1.42 bits per heavy atom. The number of nitrogens with one attached hydrogen (secondary N) is 1. The largest absolute Gasteiger partial charge is 0.439 e. The number of nitrogens with zero attached hydrogens (tertiary/aromatic N) is 1. The molecule has 1 unspecified atom stereocenters. The van der Waals surface area contributed by atoms with E-state index in [2.05, 4.69) is 53.1 Å². The van der Waals surface area contributed by atoms with Crippen molar-refractivity contribution in [3.05, 3.63) is 40.3 Å². The molecule has 1 atom stereocenters. The topological polar surface area (TPSA) is 38.1 Å². The van der Waals surface area contributed by atoms with Crippen LogP contribution in [0.4, 0.5) is 0 Å². The van der Waals surface area contributed by atoms with Crippen LogP contribution in [-0.2, 0) is 0 Å². The molecule has 1 aromatic carbocycles. The number of aromatic nitrogens is 1. The van der Waals surface area contributed by atoms with E-state index < -0.39 is 0 Å². The van der Waals surface area contributed by atoms with Gasteiger partial charge in [-0.2, -0.15) is 0 Å². The fourth-order valence-electron chi connectivity index (χ4n) is 1.93. The zero-order chi connectivity index (χ0) is 13.8. The predicted octanol–water partition coefficient (Wildman–Crippen LogP) is 4.47. The van der Waals surface area contributed by atoms with E-state index in [1.165, 1.54) is 5.56 Å². The van der Waals surface area contributed by atoms with Gasteiger partial charge in [-0.3, -0.25) is 0 Å². The van der Waals surface area contributed by atoms with Crippen molar-refractivity contribution >= 4 is 15.9 Å². The second-order valence-electron chi connectivity index (χ2n) is 4.65. The summed E-state index contributed by atoms with van der Waals surface area (Å²) in [6.07, 6.45) is 2.90. The number of benzene rings is 1. The van der Waals surface area contributed by atoms with E-state index in [0.29, 0.717) is 0 Å². The molecule has 2 aromatic rings. The molecule has 0 saturated heterocycles. The lowest BCUT2D eigenvalue weighted by Crippen LogP contribution is -2.19. The molecule has 1 heterocycles. The number of hydrogen-bond acceptors (Lipinski definition) is 3. The Morgan fingerprint density at radius 3 is 2.95 bits per heavy atom. The molecule has 0 bridgehead atoms. The number of oxazole rings is 1. The van der Waals surface area contributed by atoms with E-state index >= 15 is 0 Å². The second kappa shape index (κ2) is 6.35. The Kier molecular flexibility index (Phi) is 4.77. The third-order valence-corrected chi connectivity index (χ3v) is 3.99. The number of rotatable bonds is 5. The quantitative estimate of drug-likeness (QED) is 0.882. The Labute approximate surface area is 122 Å². The summed E-state index contributed by atoms with van der Waals surface area (Å²) < 4.78 is 6.95. The molecular formula is C15H19BrN2O. The summed E-state index contributed by atoms with van der Waals surface area (Å²) >= 11 is 3.54. The van der Waals surface area contributed by atoms with Crippen LogP contribution < -0.4 is 5.32 Å². The Bertz CT molecular complexity index is 551. The van der Waals surface area contributed by atoms with Gasteiger partial charge in [0.2, 0.25) is 5.89 Å². The van der Waals surface area contributed by atoms with Gasteiger partial charge < -0.3 is 9.73 Å². The second-order valence-corrected chi connectivity index (χ2v) is 5.51. The minimum atomic E-state index is 0.140. The van der Waals surface area contributed by atoms with E-state index in [0.717, 1.165) is 34.7 Å². The molecule has 0 aliphatic rings. The molecule has 102 valence electrons. The van der Waals surface area contributed by atoms with Gasteiger partial charge in [-0.25, -0.2) is 4.98 Å². The van der Waals surface area contributed by atoms with Gasteiger partial charge in [0.15, 0.2) is 5.76 Å². The molecule has 2 rings (SSSR count). The van der Waals surface area contributed by atoms with E-state index in [1.807, 2.05) is 12.1 Å². The molecule has 0 amide bonds. The van der Waals surface area contributed by atoms with Gasteiger partial charge in [-0.05, 0) is 38.4 Å². The number of hydrogen-bond donors (Lipinski definition) is 1. The molecule has 0 fully saturated rings. The zero-order valence-corrected chi connectivity index (χ0v) is 13.1. The summed E-state index contributed by atoms with van der Waals surface area (Å²) in [6, 6.07) is 6.23. The maximum absolute atomic E-state index is 5.87. The van der Waals surface area contributed by atoms with Crippen LogP contribution >= 0.6 is 15.9 Å². The third kappa shape index (κ3) is 3.25. The molecule has 19 heavy (non-hydrogen) atoms. The van der Waals surface area contributed by atoms with Crippen molar-refractivity contribution in [1.82, 2.24) is 10.3 Å². The summed E-state index contributed by atoms with van der Waals surface area (Å²) in [6.45, 7) is 7.25. The highest BCUT2D eigenvalue weighted by Gasteiger charge is 2.14. The lowest BCUT2D eigenvalue weighted by Gasteiger charge is -2.08. The summed E-state index contributed by atoms with van der Waals surface area (Å²) in [4.78, 5) is 4.37. The van der Waals surface area contributed by atoms with Gasteiger partial charge in [0.05, 0.1) is 12.2 Å². The predicted molar refractivity (Wildman–Crippen MR) is 81.1 cm³/mol. The van der Waals surface area contributed by atoms with Crippen LogP contribution in [0.25, 0.3) is 11.3 Å². The molecule has 1 N–H and O–H groups in total. The molecule has 4 heteroatoms. The normalized spacial score (nSPS) is 12.6. The first-order valence-corrected chi connectivity index (χ1v) is 7.37. The lowest BCUT2D eigenvalue weighted by atomic mass is 10.1. The van der Waals surface area contributed by atoms with Crippen molar-refractivity contribution in [3.8, 4) is 11.3 Å². The Hall–Kier alpha value is -1.13. The van der Waals surface area contributed by atoms with Crippen molar-refractivity contribution in [3.63, 3.8) is 0 Å². The Balaban J connectivity index is 2.23. The molecular weight excluding hydrogens is 304 g/mol. The van der Waals surface area contributed by atoms with Crippen molar-refractivity contribution in [2.75, 3.05) is 6.54 Å². The van der Waals surface area contributed by atoms with Crippen LogP contribution in [-0.4, -0.2) is 11.5 Å². The van der Waals surface area contributed by atoms with E-state index in [9.17, 15) is 0 Å². The van der Waals surface area contributed by atoms with Gasteiger partial charge in [-0.15, -0.1) is 0 Å². The van der Waals surface area contributed by atoms with Crippen molar-refractivity contribution in [2.24, 2.45) is 0 Å². The van der Waals surface area contributed by atoms with Crippen LogP contribution in [0.3, 0.4) is 0 Å². The smallest absolute Gasteiger partial charge is 0.211 e. The van der Waals surface area contributed by atoms with E-state index in [4.69, 9.17) is 4.42 Å². The monoisotopic (exact) mass is 322 g/mol. The molecule has 1 aromatic heterocycles. The molecule has 0 aliphatic heterocycles. The average molecular weight is 323 g/mol. The minimum absolute atomic E-state index is 0.140. The van der Waals surface area contributed by atoms with Gasteiger partial charge in [0, 0.05) is 10.0 Å². The van der Waals surface area contributed by atoms with Crippen LogP contribution in [0, 0.1) is 6.92 Å². The molecule has 0 saturated carbocycles. The van der Waals surface area contributed by atoms with Crippen LogP contribution in [0.1, 0.15) is 37.8 Å². The highest BCUT2D eigenvalue weighted by molar-refractivity contribution is 9.10. The molecule has 3 nitrogen and oxygen atoms in total. The lowest BCUT2D eigenvalue weighted by molar-refractivity contribution is 0.423. The SMILES string of the molecule is CCCNC(C)c1ncc(-c2cccc(Br)c2C)o1. The van der Waals surface area contributed by atoms with Crippen LogP contribution in [0.15, 0.2) is 33.3 Å². The zero-order valence-electron chi connectivity index (χ0n) is 11.5. The molecule has 0 aliphatic carbocycles. The summed E-state index contributed by atoms with van der Waals surface area (Å²) in [5.41, 5.74) is 2.25. The first kappa shape index (κ1) is 14.3. The van der Waals surface area contributed by atoms with Crippen molar-refractivity contribution < 1.29 is 4.42 Å². The standard InChI is InChI=1S/C15H19BrN2O/c1-4-8-17-11(3)15-18-9-14(19-15)12-6-5-7-13(16)10(12)2/h5-7,9,11,17H,4,8H2,1-3H3. The van der Waals surface area contributed by atoms with Gasteiger partial charge in [0.25, 0.3) is 0 Å². The van der Waals surface area contributed by atoms with Crippen molar-refractivity contribution in [2.45, 2.75) is 33.2 Å². The van der Waals surface area contributed by atoms with Gasteiger partial charge in [0.1, 0.15) is 0 Å². The highest BCUT2D eigenvalue weighted by Crippen LogP contribution is 2.30. The highest BCUT2D eigenvalue weighted by atomic mass is 79.9. The molecule has 0 spiro atoms. The van der Waals surface area contributed by atoms with Crippen LogP contribution in [0.5, 0.6) is 0 Å². The van der Waals surface area contributed by atoms with E-state index in [-0.39, 0.29) is 6.04 Å². The average Bonchev–Trinajstić information content (AvgIpc) is 2.88. The first-order chi connectivity index (χ1) is 9.13. The number of halogens is 1. The maximum atomic E-state index is 5.87. The summed E-state index contributed by atoms with van der Waals surface area (Å²) in [5, 5.41) is 3.37. The van der Waals surface area contributed by atoms with Crippen molar-refractivity contribution in [1.29, 1.82) is 0 Å². The summed E-state index contributed by atoms with van der Waals surface area (Å²) in [5.74, 6) is 1.56. The fourth-order valence-corrected chi connectivity index (χ4v) is 2.30. The van der Waals surface area contributed by atoms with Crippen LogP contribution in [0.2, 0.25) is 0 Å². The fraction of sp³-hybridized carbons (Fsp3) is 0.400. The summed E-state index contributed by atoms with van der Waals surface area (Å²) in [7, 11) is 0. The molecule has 0 radical (unpaired) electrons. The van der Waals surface area contributed by atoms with Gasteiger partial charge >= 0.3 is 0 Å².